The minimum atomic E-state index is -0.440. The summed E-state index contributed by atoms with van der Waals surface area (Å²) in [4.78, 5) is 25.3. The third-order valence-corrected chi connectivity index (χ3v) is 5.29. The maximum absolute atomic E-state index is 13.5. The van der Waals surface area contributed by atoms with Crippen molar-refractivity contribution in [3.8, 4) is 16.9 Å². The summed E-state index contributed by atoms with van der Waals surface area (Å²) >= 11 is 0. The summed E-state index contributed by atoms with van der Waals surface area (Å²) in [5, 5.41) is 0. The first-order valence-corrected chi connectivity index (χ1v) is 9.87. The zero-order valence-corrected chi connectivity index (χ0v) is 18.8. The standard InChI is InChI=1S/C25H23N2O4.ClH/c1-17-6-4-13-27-22(17)14-21(18-8-10-20(30-2)11-9-18)24(27)23(28)16-26-12-5-7-19(15-26)25(29)31-3;/h4-15H,16H2,1-3H3;1H/q+1;/p-1. The van der Waals surface area contributed by atoms with Crippen LogP contribution in [-0.4, -0.2) is 30.4 Å². The van der Waals surface area contributed by atoms with Crippen LogP contribution >= 0.6 is 0 Å². The van der Waals surface area contributed by atoms with Crippen LogP contribution in [0.2, 0.25) is 0 Å². The molecule has 0 fully saturated rings. The van der Waals surface area contributed by atoms with Gasteiger partial charge in [-0.25, -0.2) is 4.79 Å². The molecule has 0 spiro atoms. The Hall–Kier alpha value is -3.64. The van der Waals surface area contributed by atoms with E-state index < -0.39 is 5.97 Å². The fraction of sp³-hybridized carbons (Fsp3) is 0.160. The van der Waals surface area contributed by atoms with Gasteiger partial charge < -0.3 is 26.3 Å². The molecule has 0 aliphatic carbocycles. The number of nitrogens with zero attached hydrogens (tertiary/aromatic N) is 2. The number of esters is 1. The van der Waals surface area contributed by atoms with Crippen LogP contribution in [0.4, 0.5) is 0 Å². The van der Waals surface area contributed by atoms with Gasteiger partial charge in [0.1, 0.15) is 17.0 Å². The van der Waals surface area contributed by atoms with E-state index in [1.54, 1.807) is 36.2 Å². The fourth-order valence-electron chi connectivity index (χ4n) is 3.72. The molecule has 7 heteroatoms. The summed E-state index contributed by atoms with van der Waals surface area (Å²) in [6, 6.07) is 17.0. The van der Waals surface area contributed by atoms with Crippen molar-refractivity contribution < 1.29 is 36.0 Å². The minimum absolute atomic E-state index is 0. The number of aryl methyl sites for hydroxylation is 1. The molecule has 0 saturated heterocycles. The Morgan fingerprint density at radius 2 is 1.78 bits per heavy atom. The maximum Gasteiger partial charge on any atom is 0.343 e. The average molecular weight is 451 g/mol. The quantitative estimate of drug-likeness (QED) is 0.249. The lowest BCUT2D eigenvalue weighted by Crippen LogP contribution is -3.00. The van der Waals surface area contributed by atoms with Crippen molar-refractivity contribution in [3.63, 3.8) is 0 Å². The molecular formula is C25H23ClN2O4. The van der Waals surface area contributed by atoms with E-state index in [2.05, 4.69) is 0 Å². The van der Waals surface area contributed by atoms with E-state index >= 15 is 0 Å². The van der Waals surface area contributed by atoms with Crippen molar-refractivity contribution in [1.82, 2.24) is 4.40 Å². The SMILES string of the molecule is COC(=O)c1ccc[n+](CC(=O)c2c(-c3ccc(OC)cc3)cc3c(C)cccn23)c1.[Cl-]. The Bertz CT molecular complexity index is 1280. The highest BCUT2D eigenvalue weighted by Crippen LogP contribution is 2.31. The Kier molecular flexibility index (Phi) is 6.95. The molecule has 4 aromatic rings. The van der Waals surface area contributed by atoms with Gasteiger partial charge in [0.05, 0.1) is 14.2 Å². The van der Waals surface area contributed by atoms with Gasteiger partial charge in [0, 0.05) is 23.3 Å². The largest absolute Gasteiger partial charge is 1.00 e. The van der Waals surface area contributed by atoms with E-state index in [0.29, 0.717) is 11.3 Å². The Morgan fingerprint density at radius 1 is 1.03 bits per heavy atom. The lowest BCUT2D eigenvalue weighted by atomic mass is 10.0. The number of carbonyl (C=O) groups is 2. The smallest absolute Gasteiger partial charge is 0.343 e. The second-order valence-electron chi connectivity index (χ2n) is 7.26. The molecule has 0 atom stereocenters. The number of ether oxygens (including phenoxy) is 2. The van der Waals surface area contributed by atoms with Crippen LogP contribution in [0.3, 0.4) is 0 Å². The summed E-state index contributed by atoms with van der Waals surface area (Å²) in [6.45, 7) is 2.12. The van der Waals surface area contributed by atoms with Crippen LogP contribution in [0, 0.1) is 6.92 Å². The van der Waals surface area contributed by atoms with E-state index in [0.717, 1.165) is 28.0 Å². The number of pyridine rings is 2. The number of rotatable bonds is 6. The van der Waals surface area contributed by atoms with Gasteiger partial charge in [0.2, 0.25) is 12.3 Å². The van der Waals surface area contributed by atoms with Crippen LogP contribution in [0.1, 0.15) is 26.4 Å². The number of carbonyl (C=O) groups excluding carboxylic acids is 2. The van der Waals surface area contributed by atoms with E-state index in [-0.39, 0.29) is 24.7 Å². The third-order valence-electron chi connectivity index (χ3n) is 5.29. The van der Waals surface area contributed by atoms with Crippen LogP contribution in [0.25, 0.3) is 16.6 Å². The molecule has 1 aromatic carbocycles. The van der Waals surface area contributed by atoms with Crippen molar-refractivity contribution in [3.05, 3.63) is 90.0 Å². The number of aromatic nitrogens is 2. The number of methoxy groups -OCH3 is 2. The van der Waals surface area contributed by atoms with Crippen LogP contribution in [-0.2, 0) is 11.3 Å². The molecule has 0 radical (unpaired) electrons. The van der Waals surface area contributed by atoms with Gasteiger partial charge in [-0.1, -0.05) is 18.2 Å². The van der Waals surface area contributed by atoms with E-state index in [1.165, 1.54) is 7.11 Å². The number of Topliss-reactive ketones (excluding diaryl/α,β-unsaturated/α-hetero) is 1. The predicted molar refractivity (Wildman–Crippen MR) is 116 cm³/mol. The Morgan fingerprint density at radius 3 is 2.47 bits per heavy atom. The number of hydrogen-bond donors (Lipinski definition) is 0. The summed E-state index contributed by atoms with van der Waals surface area (Å²) in [6.07, 6.45) is 5.29. The Labute approximate surface area is 192 Å². The lowest BCUT2D eigenvalue weighted by Gasteiger charge is -2.07. The molecule has 0 N–H and O–H groups in total. The molecule has 3 aromatic heterocycles. The summed E-state index contributed by atoms with van der Waals surface area (Å²) in [5.41, 5.74) is 4.83. The zero-order chi connectivity index (χ0) is 22.0. The summed E-state index contributed by atoms with van der Waals surface area (Å²) < 4.78 is 13.7. The molecule has 32 heavy (non-hydrogen) atoms. The molecule has 164 valence electrons. The number of fused-ring (bicyclic) bond motifs is 1. The fourth-order valence-corrected chi connectivity index (χ4v) is 3.72. The highest BCUT2D eigenvalue weighted by atomic mass is 35.5. The number of benzene rings is 1. The van der Waals surface area contributed by atoms with Gasteiger partial charge in [0.15, 0.2) is 12.4 Å². The van der Waals surface area contributed by atoms with E-state index in [1.807, 2.05) is 60.0 Å². The predicted octanol–water partition coefficient (Wildman–Crippen LogP) is 0.884. The van der Waals surface area contributed by atoms with Gasteiger partial charge in [-0.3, -0.25) is 4.79 Å². The van der Waals surface area contributed by atoms with Crippen molar-refractivity contribution in [1.29, 1.82) is 0 Å². The average Bonchev–Trinajstić information content (AvgIpc) is 3.20. The van der Waals surface area contributed by atoms with Crippen molar-refractivity contribution in [2.24, 2.45) is 0 Å². The van der Waals surface area contributed by atoms with Crippen molar-refractivity contribution in [2.75, 3.05) is 14.2 Å². The van der Waals surface area contributed by atoms with Crippen molar-refractivity contribution in [2.45, 2.75) is 13.5 Å². The molecule has 0 unspecified atom stereocenters. The lowest BCUT2D eigenvalue weighted by molar-refractivity contribution is -0.683. The number of halogens is 1. The second kappa shape index (κ2) is 9.66. The molecule has 0 bridgehead atoms. The molecule has 4 rings (SSSR count). The highest BCUT2D eigenvalue weighted by molar-refractivity contribution is 6.02. The first kappa shape index (κ1) is 23.0. The van der Waals surface area contributed by atoms with Crippen LogP contribution in [0.5, 0.6) is 5.75 Å². The normalized spacial score (nSPS) is 10.5. The highest BCUT2D eigenvalue weighted by Gasteiger charge is 2.23. The monoisotopic (exact) mass is 450 g/mol. The van der Waals surface area contributed by atoms with Crippen LogP contribution < -0.4 is 21.7 Å². The molecular weight excluding hydrogens is 428 g/mol. The summed E-state index contributed by atoms with van der Waals surface area (Å²) in [5.74, 6) is 0.250. The topological polar surface area (TPSA) is 60.9 Å². The summed E-state index contributed by atoms with van der Waals surface area (Å²) in [7, 11) is 2.96. The minimum Gasteiger partial charge on any atom is -1.00 e. The van der Waals surface area contributed by atoms with Crippen molar-refractivity contribution >= 4 is 17.3 Å². The van der Waals surface area contributed by atoms with E-state index in [9.17, 15) is 9.59 Å². The van der Waals surface area contributed by atoms with Gasteiger partial charge in [-0.05, 0) is 48.4 Å². The molecule has 0 aliphatic rings. The first-order valence-electron chi connectivity index (χ1n) is 9.87. The zero-order valence-electron chi connectivity index (χ0n) is 18.0. The molecule has 3 heterocycles. The van der Waals surface area contributed by atoms with Gasteiger partial charge in [-0.15, -0.1) is 0 Å². The third kappa shape index (κ3) is 4.36. The maximum atomic E-state index is 13.5. The molecule has 6 nitrogen and oxygen atoms in total. The number of hydrogen-bond acceptors (Lipinski definition) is 4. The molecule has 0 amide bonds. The molecule has 0 saturated carbocycles. The Balaban J connectivity index is 0.00000289. The van der Waals surface area contributed by atoms with Gasteiger partial charge in [-0.2, -0.15) is 4.57 Å². The van der Waals surface area contributed by atoms with Gasteiger partial charge in [0.25, 0.3) is 0 Å². The van der Waals surface area contributed by atoms with E-state index in [4.69, 9.17) is 9.47 Å². The second-order valence-corrected chi connectivity index (χ2v) is 7.26. The first-order chi connectivity index (χ1) is 15.0. The molecule has 0 aliphatic heterocycles. The van der Waals surface area contributed by atoms with Gasteiger partial charge >= 0.3 is 5.97 Å². The number of ketones is 1. The van der Waals surface area contributed by atoms with Crippen LogP contribution in [0.15, 0.2) is 73.2 Å².